The fourth-order valence-electron chi connectivity index (χ4n) is 1.53. The van der Waals surface area contributed by atoms with Crippen molar-refractivity contribution in [2.24, 2.45) is 11.1 Å². The Morgan fingerprint density at radius 1 is 1.56 bits per heavy atom. The Morgan fingerprint density at radius 3 is 2.81 bits per heavy atom. The summed E-state index contributed by atoms with van der Waals surface area (Å²) in [6.07, 6.45) is 1.74. The quantitative estimate of drug-likeness (QED) is 0.902. The normalized spacial score (nSPS) is 16.9. The SMILES string of the molecule is NCC1(C(=O)Nc2cccc(Cl)c2Br)CC1. The molecule has 1 aromatic carbocycles. The van der Waals surface area contributed by atoms with E-state index in [-0.39, 0.29) is 11.3 Å². The average molecular weight is 304 g/mol. The van der Waals surface area contributed by atoms with Gasteiger partial charge in [0, 0.05) is 6.54 Å². The molecule has 2 rings (SSSR count). The van der Waals surface area contributed by atoms with E-state index in [0.717, 1.165) is 12.8 Å². The number of nitrogens with two attached hydrogens (primary N) is 1. The van der Waals surface area contributed by atoms with Crippen LogP contribution in [0, 0.1) is 5.41 Å². The molecule has 1 saturated carbocycles. The van der Waals surface area contributed by atoms with Crippen molar-refractivity contribution in [1.29, 1.82) is 0 Å². The van der Waals surface area contributed by atoms with Gasteiger partial charge in [0.05, 0.1) is 20.6 Å². The van der Waals surface area contributed by atoms with Crippen LogP contribution in [0.5, 0.6) is 0 Å². The number of carbonyl (C=O) groups is 1. The lowest BCUT2D eigenvalue weighted by molar-refractivity contribution is -0.120. The third kappa shape index (κ3) is 2.10. The fourth-order valence-corrected chi connectivity index (χ4v) is 2.07. The maximum atomic E-state index is 11.9. The van der Waals surface area contributed by atoms with Crippen LogP contribution in [0.2, 0.25) is 5.02 Å². The van der Waals surface area contributed by atoms with Gasteiger partial charge in [-0.15, -0.1) is 0 Å². The molecule has 1 fully saturated rings. The van der Waals surface area contributed by atoms with E-state index >= 15 is 0 Å². The molecular weight excluding hydrogens is 291 g/mol. The van der Waals surface area contributed by atoms with E-state index in [4.69, 9.17) is 17.3 Å². The Bertz CT molecular complexity index is 432. The van der Waals surface area contributed by atoms with E-state index in [0.29, 0.717) is 21.7 Å². The Morgan fingerprint density at radius 2 is 2.25 bits per heavy atom. The minimum absolute atomic E-state index is 0.0158. The first-order valence-corrected chi connectivity index (χ1v) is 6.22. The maximum Gasteiger partial charge on any atom is 0.231 e. The minimum atomic E-state index is -0.345. The molecule has 0 radical (unpaired) electrons. The summed E-state index contributed by atoms with van der Waals surface area (Å²) in [7, 11) is 0. The highest BCUT2D eigenvalue weighted by molar-refractivity contribution is 9.10. The molecule has 0 bridgehead atoms. The number of hydrogen-bond acceptors (Lipinski definition) is 2. The van der Waals surface area contributed by atoms with Gasteiger partial charge < -0.3 is 11.1 Å². The van der Waals surface area contributed by atoms with Crippen molar-refractivity contribution in [2.45, 2.75) is 12.8 Å². The molecule has 1 aliphatic rings. The molecule has 0 aromatic heterocycles. The number of hydrogen-bond donors (Lipinski definition) is 2. The molecule has 0 unspecified atom stereocenters. The number of carbonyl (C=O) groups excluding carboxylic acids is 1. The summed E-state index contributed by atoms with van der Waals surface area (Å²) in [5.74, 6) is -0.0158. The molecule has 3 N–H and O–H groups in total. The third-order valence-electron chi connectivity index (χ3n) is 2.93. The lowest BCUT2D eigenvalue weighted by Crippen LogP contribution is -2.30. The van der Waals surface area contributed by atoms with Crippen LogP contribution in [0.15, 0.2) is 22.7 Å². The van der Waals surface area contributed by atoms with E-state index in [1.165, 1.54) is 0 Å². The van der Waals surface area contributed by atoms with Crippen molar-refractivity contribution < 1.29 is 4.79 Å². The second-order valence-corrected chi connectivity index (χ2v) is 5.24. The van der Waals surface area contributed by atoms with E-state index in [1.54, 1.807) is 18.2 Å². The number of rotatable bonds is 3. The fraction of sp³-hybridized carbons (Fsp3) is 0.364. The second-order valence-electron chi connectivity index (χ2n) is 4.04. The highest BCUT2D eigenvalue weighted by Crippen LogP contribution is 2.45. The molecular formula is C11H12BrClN2O. The maximum absolute atomic E-state index is 11.9. The van der Waals surface area contributed by atoms with Gasteiger partial charge in [-0.3, -0.25) is 4.79 Å². The lowest BCUT2D eigenvalue weighted by atomic mass is 10.1. The largest absolute Gasteiger partial charge is 0.329 e. The summed E-state index contributed by atoms with van der Waals surface area (Å²) in [4.78, 5) is 11.9. The molecule has 5 heteroatoms. The summed E-state index contributed by atoms with van der Waals surface area (Å²) < 4.78 is 0.706. The van der Waals surface area contributed by atoms with Gasteiger partial charge in [0.1, 0.15) is 0 Å². The zero-order chi connectivity index (χ0) is 11.8. The number of amides is 1. The number of benzene rings is 1. The average Bonchev–Trinajstić information content (AvgIpc) is 3.05. The van der Waals surface area contributed by atoms with Crippen molar-refractivity contribution in [3.8, 4) is 0 Å². The summed E-state index contributed by atoms with van der Waals surface area (Å²) >= 11 is 9.28. The van der Waals surface area contributed by atoms with Crippen LogP contribution < -0.4 is 11.1 Å². The molecule has 0 saturated heterocycles. The van der Waals surface area contributed by atoms with Gasteiger partial charge in [-0.05, 0) is 40.9 Å². The second kappa shape index (κ2) is 4.35. The van der Waals surface area contributed by atoms with Gasteiger partial charge in [-0.2, -0.15) is 0 Å². The molecule has 0 atom stereocenters. The Labute approximate surface area is 107 Å². The van der Waals surface area contributed by atoms with Crippen molar-refractivity contribution in [3.63, 3.8) is 0 Å². The predicted molar refractivity (Wildman–Crippen MR) is 68.5 cm³/mol. The van der Waals surface area contributed by atoms with E-state index in [2.05, 4.69) is 21.2 Å². The Kier molecular flexibility index (Phi) is 3.24. The third-order valence-corrected chi connectivity index (χ3v) is 4.32. The van der Waals surface area contributed by atoms with Gasteiger partial charge in [-0.1, -0.05) is 17.7 Å². The van der Waals surface area contributed by atoms with Gasteiger partial charge in [-0.25, -0.2) is 0 Å². The van der Waals surface area contributed by atoms with E-state index < -0.39 is 0 Å². The van der Waals surface area contributed by atoms with Crippen LogP contribution in [0.1, 0.15) is 12.8 Å². The zero-order valence-electron chi connectivity index (χ0n) is 8.59. The first kappa shape index (κ1) is 11.9. The number of halogens is 2. The van der Waals surface area contributed by atoms with Crippen LogP contribution >= 0.6 is 27.5 Å². The smallest absolute Gasteiger partial charge is 0.231 e. The Hall–Kier alpha value is -0.580. The first-order chi connectivity index (χ1) is 7.59. The Balaban J connectivity index is 2.15. The van der Waals surface area contributed by atoms with Crippen LogP contribution in [0.3, 0.4) is 0 Å². The first-order valence-electron chi connectivity index (χ1n) is 5.05. The van der Waals surface area contributed by atoms with Crippen LogP contribution in [0.25, 0.3) is 0 Å². The topological polar surface area (TPSA) is 55.1 Å². The highest BCUT2D eigenvalue weighted by Gasteiger charge is 2.48. The van der Waals surface area contributed by atoms with Crippen molar-refractivity contribution >= 4 is 39.1 Å². The highest BCUT2D eigenvalue weighted by atomic mass is 79.9. The van der Waals surface area contributed by atoms with Crippen molar-refractivity contribution in [1.82, 2.24) is 0 Å². The molecule has 16 heavy (non-hydrogen) atoms. The molecule has 1 aliphatic carbocycles. The summed E-state index contributed by atoms with van der Waals surface area (Å²) in [5.41, 5.74) is 5.94. The van der Waals surface area contributed by atoms with Crippen molar-refractivity contribution in [3.05, 3.63) is 27.7 Å². The minimum Gasteiger partial charge on any atom is -0.329 e. The van der Waals surface area contributed by atoms with Gasteiger partial charge in [0.15, 0.2) is 0 Å². The number of nitrogens with one attached hydrogen (secondary N) is 1. The predicted octanol–water partition coefficient (Wildman–Crippen LogP) is 2.78. The monoisotopic (exact) mass is 302 g/mol. The van der Waals surface area contributed by atoms with Crippen LogP contribution in [-0.4, -0.2) is 12.5 Å². The summed E-state index contributed by atoms with van der Waals surface area (Å²) in [5, 5.41) is 3.43. The summed E-state index contributed by atoms with van der Waals surface area (Å²) in [6.45, 7) is 0.400. The molecule has 1 aromatic rings. The van der Waals surface area contributed by atoms with E-state index in [1.807, 2.05) is 0 Å². The van der Waals surface area contributed by atoms with Gasteiger partial charge in [0.2, 0.25) is 5.91 Å². The molecule has 86 valence electrons. The summed E-state index contributed by atoms with van der Waals surface area (Å²) in [6, 6.07) is 5.36. The molecule has 0 aliphatic heterocycles. The van der Waals surface area contributed by atoms with Gasteiger partial charge in [0.25, 0.3) is 0 Å². The molecule has 1 amide bonds. The number of anilines is 1. The molecule has 0 heterocycles. The molecule has 3 nitrogen and oxygen atoms in total. The van der Waals surface area contributed by atoms with Gasteiger partial charge >= 0.3 is 0 Å². The van der Waals surface area contributed by atoms with Crippen molar-refractivity contribution in [2.75, 3.05) is 11.9 Å². The molecule has 0 spiro atoms. The zero-order valence-corrected chi connectivity index (χ0v) is 10.9. The van der Waals surface area contributed by atoms with E-state index in [9.17, 15) is 4.79 Å². The lowest BCUT2D eigenvalue weighted by Gasteiger charge is -2.14. The van der Waals surface area contributed by atoms with Crippen LogP contribution in [0.4, 0.5) is 5.69 Å². The standard InChI is InChI=1S/C11H12BrClN2O/c12-9-7(13)2-1-3-8(9)15-10(16)11(6-14)4-5-11/h1-3H,4-6,14H2,(H,15,16). The van der Waals surface area contributed by atoms with Crippen LogP contribution in [-0.2, 0) is 4.79 Å².